The van der Waals surface area contributed by atoms with Crippen LogP contribution in [0.15, 0.2) is 79.9 Å². The van der Waals surface area contributed by atoms with Gasteiger partial charge in [-0.2, -0.15) is 0 Å². The molecule has 3 aliphatic heterocycles. The summed E-state index contributed by atoms with van der Waals surface area (Å²) in [6.07, 6.45) is 6.44. The Morgan fingerprint density at radius 3 is 2.49 bits per heavy atom. The van der Waals surface area contributed by atoms with Gasteiger partial charge in [-0.1, -0.05) is 71.3 Å². The number of carbonyl (C=O) groups is 4. The van der Waals surface area contributed by atoms with Crippen LogP contribution in [0.4, 0.5) is 5.69 Å². The van der Waals surface area contributed by atoms with Crippen molar-refractivity contribution in [1.82, 2.24) is 10.2 Å². The Kier molecular flexibility index (Phi) is 13.1. The maximum atomic E-state index is 14.8. The first-order valence-electron chi connectivity index (χ1n) is 17.6. The Bertz CT molecular complexity index is 1560. The third-order valence-electron chi connectivity index (χ3n) is 10.1. The molecule has 3 amide bonds. The van der Waals surface area contributed by atoms with Crippen LogP contribution in [-0.4, -0.2) is 89.7 Å². The number of anilines is 1. The number of esters is 1. The number of nitrogens with zero attached hydrogens (tertiary/aromatic N) is 2. The van der Waals surface area contributed by atoms with Crippen LogP contribution in [-0.2, 0) is 28.7 Å². The number of carbonyl (C=O) groups excluding carboxylic acids is 4. The van der Waals surface area contributed by atoms with Crippen LogP contribution in [0, 0.1) is 11.8 Å². The summed E-state index contributed by atoms with van der Waals surface area (Å²) in [6, 6.07) is 14.7. The number of amides is 3. The lowest BCUT2D eigenvalue weighted by molar-refractivity contribution is -0.145. The van der Waals surface area contributed by atoms with E-state index in [0.29, 0.717) is 43.7 Å². The molecule has 3 aliphatic rings. The van der Waals surface area contributed by atoms with E-state index in [4.69, 9.17) is 14.2 Å². The van der Waals surface area contributed by atoms with Crippen molar-refractivity contribution in [1.29, 1.82) is 0 Å². The number of fused-ring (bicyclic) bond motifs is 1. The molecule has 0 aliphatic carbocycles. The summed E-state index contributed by atoms with van der Waals surface area (Å²) in [7, 11) is 1.57. The van der Waals surface area contributed by atoms with Crippen molar-refractivity contribution in [3.8, 4) is 5.75 Å². The molecule has 11 nitrogen and oxygen atoms in total. The fraction of sp³-hybridized carbons (Fsp3) is 0.487. The van der Waals surface area contributed by atoms with Gasteiger partial charge in [0, 0.05) is 36.6 Å². The highest BCUT2D eigenvalue weighted by Gasteiger charge is 2.76. The van der Waals surface area contributed by atoms with Gasteiger partial charge < -0.3 is 34.4 Å². The van der Waals surface area contributed by atoms with E-state index >= 15 is 0 Å². The van der Waals surface area contributed by atoms with E-state index in [9.17, 15) is 24.3 Å². The van der Waals surface area contributed by atoms with Crippen molar-refractivity contribution < 1.29 is 38.5 Å². The number of nitrogens with one attached hydrogen (secondary N) is 1. The molecule has 0 radical (unpaired) electrons. The SMILES string of the molecule is C=CCCC(=O)OC[C@H](NC(=O)[C@H]1[C@@H]2O[C@@]3(CC2Br)[C@@H]1C(=O)N(CCCCCCO)[C@@H]3C(=O)N(CC=C)c1ccc(OC)cc1)c1ccccc1. The minimum Gasteiger partial charge on any atom is -0.497 e. The average Bonchev–Trinajstić information content (AvgIpc) is 3.74. The first kappa shape index (κ1) is 38.2. The van der Waals surface area contributed by atoms with Crippen molar-refractivity contribution in [3.05, 3.63) is 85.5 Å². The van der Waals surface area contributed by atoms with Crippen LogP contribution in [0.25, 0.3) is 0 Å². The summed E-state index contributed by atoms with van der Waals surface area (Å²) in [5, 5.41) is 12.4. The Hall–Kier alpha value is -4.00. The Morgan fingerprint density at radius 2 is 1.82 bits per heavy atom. The zero-order valence-electron chi connectivity index (χ0n) is 29.1. The van der Waals surface area contributed by atoms with Crippen LogP contribution in [0.2, 0.25) is 0 Å². The van der Waals surface area contributed by atoms with Gasteiger partial charge in [0.2, 0.25) is 11.8 Å². The highest BCUT2D eigenvalue weighted by atomic mass is 79.9. The van der Waals surface area contributed by atoms with E-state index in [0.717, 1.165) is 18.4 Å². The number of alkyl halides is 1. The second kappa shape index (κ2) is 17.5. The van der Waals surface area contributed by atoms with Gasteiger partial charge in [-0.25, -0.2) is 0 Å². The number of ether oxygens (including phenoxy) is 3. The third kappa shape index (κ3) is 8.08. The summed E-state index contributed by atoms with van der Waals surface area (Å²) in [4.78, 5) is 59.2. The van der Waals surface area contributed by atoms with Gasteiger partial charge in [0.05, 0.1) is 31.1 Å². The van der Waals surface area contributed by atoms with Crippen molar-refractivity contribution in [2.24, 2.45) is 11.8 Å². The van der Waals surface area contributed by atoms with Gasteiger partial charge in [0.25, 0.3) is 5.91 Å². The molecule has 7 atom stereocenters. The average molecular weight is 767 g/mol. The number of aliphatic hydroxyl groups excluding tert-OH is 1. The molecule has 1 unspecified atom stereocenters. The summed E-state index contributed by atoms with van der Waals surface area (Å²) >= 11 is 3.76. The first-order chi connectivity index (χ1) is 24.7. The van der Waals surface area contributed by atoms with Crippen molar-refractivity contribution in [2.75, 3.05) is 38.3 Å². The number of benzene rings is 2. The molecule has 0 saturated carbocycles. The van der Waals surface area contributed by atoms with Crippen LogP contribution in [0.5, 0.6) is 5.75 Å². The van der Waals surface area contributed by atoms with Crippen LogP contribution in [0.3, 0.4) is 0 Å². The summed E-state index contributed by atoms with van der Waals surface area (Å²) in [5.41, 5.74) is 0.0960. The predicted octanol–water partition coefficient (Wildman–Crippen LogP) is 4.88. The Labute approximate surface area is 308 Å². The van der Waals surface area contributed by atoms with E-state index in [1.54, 1.807) is 53.3 Å². The maximum absolute atomic E-state index is 14.8. The number of methoxy groups -OCH3 is 1. The normalized spacial score (nSPS) is 25.2. The Balaban J connectivity index is 1.47. The third-order valence-corrected chi connectivity index (χ3v) is 10.9. The molecule has 5 rings (SSSR count). The van der Waals surface area contributed by atoms with Gasteiger partial charge >= 0.3 is 5.97 Å². The molecule has 2 aromatic rings. The fourth-order valence-corrected chi connectivity index (χ4v) is 8.64. The lowest BCUT2D eigenvalue weighted by atomic mass is 9.70. The van der Waals surface area contributed by atoms with E-state index in [-0.39, 0.29) is 42.8 Å². The molecule has 274 valence electrons. The molecule has 2 aromatic carbocycles. The van der Waals surface area contributed by atoms with Gasteiger partial charge in [-0.15, -0.1) is 13.2 Å². The summed E-state index contributed by atoms with van der Waals surface area (Å²) in [5.74, 6) is -2.60. The molecule has 2 bridgehead atoms. The van der Waals surface area contributed by atoms with Crippen molar-refractivity contribution >= 4 is 45.3 Å². The summed E-state index contributed by atoms with van der Waals surface area (Å²) < 4.78 is 17.6. The van der Waals surface area contributed by atoms with Crippen LogP contribution >= 0.6 is 15.9 Å². The lowest BCUT2D eigenvalue weighted by Gasteiger charge is -2.37. The van der Waals surface area contributed by atoms with Gasteiger partial charge in [0.15, 0.2) is 0 Å². The van der Waals surface area contributed by atoms with E-state index in [1.165, 1.54) is 0 Å². The maximum Gasteiger partial charge on any atom is 0.306 e. The lowest BCUT2D eigenvalue weighted by Crippen LogP contribution is -2.57. The highest BCUT2D eigenvalue weighted by molar-refractivity contribution is 9.09. The Morgan fingerprint density at radius 1 is 1.10 bits per heavy atom. The highest BCUT2D eigenvalue weighted by Crippen LogP contribution is 2.60. The number of likely N-dealkylation sites (tertiary alicyclic amines) is 1. The molecule has 3 saturated heterocycles. The zero-order valence-corrected chi connectivity index (χ0v) is 30.7. The second-order valence-electron chi connectivity index (χ2n) is 13.3. The minimum absolute atomic E-state index is 0.0873. The molecular weight excluding hydrogens is 718 g/mol. The number of aliphatic hydroxyl groups is 1. The van der Waals surface area contributed by atoms with Gasteiger partial charge in [-0.05, 0) is 55.5 Å². The number of halogens is 1. The van der Waals surface area contributed by atoms with E-state index in [1.807, 2.05) is 30.3 Å². The molecule has 12 heteroatoms. The number of rotatable bonds is 19. The standard InChI is InChI=1S/C39H48BrN3O8/c1-4-6-16-31(45)50-25-30(26-14-10-9-11-15-26)41-36(46)32-33-37(47)43(22-12-7-8-13-23-44)35(39(33)24-29(40)34(32)51-39)38(48)42(21-5-2)27-17-19-28(49-3)20-18-27/h4-5,9-11,14-15,17-20,29-30,32-35,44H,1-2,6-8,12-13,16,21-25H2,3H3,(H,41,46)/t29?,30-,32+,33-,34+,35+,39-/m0/s1. The van der Waals surface area contributed by atoms with E-state index in [2.05, 4.69) is 34.4 Å². The number of unbranched alkanes of at least 4 members (excludes halogenated alkanes) is 3. The van der Waals surface area contributed by atoms with Gasteiger partial charge in [-0.3, -0.25) is 19.2 Å². The minimum atomic E-state index is -1.26. The topological polar surface area (TPSA) is 135 Å². The molecule has 3 fully saturated rings. The molecule has 51 heavy (non-hydrogen) atoms. The second-order valence-corrected chi connectivity index (χ2v) is 14.4. The smallest absolute Gasteiger partial charge is 0.306 e. The number of hydrogen-bond acceptors (Lipinski definition) is 8. The first-order valence-corrected chi connectivity index (χ1v) is 18.5. The molecule has 0 aromatic heterocycles. The zero-order chi connectivity index (χ0) is 36.5. The predicted molar refractivity (Wildman–Crippen MR) is 196 cm³/mol. The monoisotopic (exact) mass is 765 g/mol. The molecule has 3 heterocycles. The number of hydrogen-bond donors (Lipinski definition) is 2. The van der Waals surface area contributed by atoms with Gasteiger partial charge in [0.1, 0.15) is 24.0 Å². The van der Waals surface area contributed by atoms with Crippen molar-refractivity contribution in [2.45, 2.75) is 73.6 Å². The van der Waals surface area contributed by atoms with E-state index < -0.39 is 47.5 Å². The largest absolute Gasteiger partial charge is 0.497 e. The molecule has 2 N–H and O–H groups in total. The molecular formula is C39H48BrN3O8. The van der Waals surface area contributed by atoms with Crippen LogP contribution in [0.1, 0.15) is 56.6 Å². The molecule has 1 spiro atoms. The quantitative estimate of drug-likeness (QED) is 0.0895. The fourth-order valence-electron chi connectivity index (χ4n) is 7.70. The van der Waals surface area contributed by atoms with Crippen LogP contribution < -0.4 is 15.0 Å². The van der Waals surface area contributed by atoms with Crippen molar-refractivity contribution in [3.63, 3.8) is 0 Å². The number of allylic oxidation sites excluding steroid dienone is 1. The summed E-state index contributed by atoms with van der Waals surface area (Å²) in [6.45, 7) is 8.02.